The summed E-state index contributed by atoms with van der Waals surface area (Å²) in [6.45, 7) is 8.40. The van der Waals surface area contributed by atoms with Crippen molar-refractivity contribution in [3.8, 4) is 0 Å². The van der Waals surface area contributed by atoms with E-state index in [4.69, 9.17) is 9.84 Å². The van der Waals surface area contributed by atoms with E-state index in [0.717, 1.165) is 12.1 Å². The lowest BCUT2D eigenvalue weighted by molar-refractivity contribution is 0.0291. The molecule has 8 nitrogen and oxygen atoms in total. The number of nitrogens with zero attached hydrogens (tertiary/aromatic N) is 4. The number of aliphatic hydroxyl groups is 1. The normalized spacial score (nSPS) is 18.4. The van der Waals surface area contributed by atoms with Gasteiger partial charge in [0.1, 0.15) is 5.60 Å². The van der Waals surface area contributed by atoms with Crippen LogP contribution in [0.1, 0.15) is 39.3 Å². The fourth-order valence-corrected chi connectivity index (χ4v) is 2.43. The van der Waals surface area contributed by atoms with Crippen LogP contribution in [0.15, 0.2) is 6.20 Å². The van der Waals surface area contributed by atoms with Crippen LogP contribution in [0.2, 0.25) is 0 Å². The Kier molecular flexibility index (Phi) is 5.95. The van der Waals surface area contributed by atoms with Gasteiger partial charge in [0.15, 0.2) is 0 Å². The van der Waals surface area contributed by atoms with Crippen molar-refractivity contribution in [3.63, 3.8) is 0 Å². The van der Waals surface area contributed by atoms with Gasteiger partial charge in [-0.05, 0) is 33.6 Å². The second-order valence-electron chi connectivity index (χ2n) is 6.84. The predicted octanol–water partition coefficient (Wildman–Crippen LogP) is 0.759. The minimum atomic E-state index is -0.463. The molecule has 2 rings (SSSR count). The number of nitrogens with one attached hydrogen (secondary N) is 1. The van der Waals surface area contributed by atoms with E-state index < -0.39 is 5.60 Å². The van der Waals surface area contributed by atoms with Crippen LogP contribution in [0.3, 0.4) is 0 Å². The van der Waals surface area contributed by atoms with Gasteiger partial charge in [-0.3, -0.25) is 4.68 Å². The van der Waals surface area contributed by atoms with Gasteiger partial charge < -0.3 is 20.1 Å². The molecule has 1 aliphatic rings. The van der Waals surface area contributed by atoms with E-state index in [1.807, 2.05) is 27.0 Å². The highest BCUT2D eigenvalue weighted by Crippen LogP contribution is 2.15. The van der Waals surface area contributed by atoms with Crippen LogP contribution in [-0.4, -0.2) is 62.4 Å². The second kappa shape index (κ2) is 7.74. The molecular formula is C15H27N5O3. The van der Waals surface area contributed by atoms with E-state index >= 15 is 0 Å². The summed E-state index contributed by atoms with van der Waals surface area (Å²) < 4.78 is 7.12. The monoisotopic (exact) mass is 325 g/mol. The molecule has 130 valence electrons. The van der Waals surface area contributed by atoms with E-state index in [-0.39, 0.29) is 18.7 Å². The van der Waals surface area contributed by atoms with E-state index in [1.165, 1.54) is 0 Å². The summed E-state index contributed by atoms with van der Waals surface area (Å²) in [7, 11) is 0. The SMILES string of the molecule is CC(C)(C)OC(=O)N1CCC(NCc2cn(CCCO)nn2)C1. The van der Waals surface area contributed by atoms with Crippen LogP contribution < -0.4 is 5.32 Å². The largest absolute Gasteiger partial charge is 0.444 e. The maximum atomic E-state index is 12.0. The minimum absolute atomic E-state index is 0.149. The lowest BCUT2D eigenvalue weighted by atomic mass is 10.2. The molecule has 1 aromatic rings. The van der Waals surface area contributed by atoms with Crippen LogP contribution >= 0.6 is 0 Å². The highest BCUT2D eigenvalue weighted by atomic mass is 16.6. The van der Waals surface area contributed by atoms with Gasteiger partial charge in [0.2, 0.25) is 0 Å². The number of ether oxygens (including phenoxy) is 1. The molecule has 1 aliphatic heterocycles. The number of amides is 1. The van der Waals surface area contributed by atoms with Gasteiger partial charge in [-0.25, -0.2) is 4.79 Å². The van der Waals surface area contributed by atoms with Crippen LogP contribution in [-0.2, 0) is 17.8 Å². The Morgan fingerprint density at radius 3 is 3.00 bits per heavy atom. The molecule has 0 aliphatic carbocycles. The first-order chi connectivity index (χ1) is 10.9. The van der Waals surface area contributed by atoms with Crippen LogP contribution in [0.5, 0.6) is 0 Å². The third kappa shape index (κ3) is 5.80. The maximum Gasteiger partial charge on any atom is 0.410 e. The first-order valence-electron chi connectivity index (χ1n) is 8.08. The summed E-state index contributed by atoms with van der Waals surface area (Å²) in [4.78, 5) is 13.8. The molecule has 1 aromatic heterocycles. The highest BCUT2D eigenvalue weighted by molar-refractivity contribution is 5.68. The van der Waals surface area contributed by atoms with Crippen molar-refractivity contribution >= 4 is 6.09 Å². The predicted molar refractivity (Wildman–Crippen MR) is 84.8 cm³/mol. The number of carbonyl (C=O) groups is 1. The first-order valence-corrected chi connectivity index (χ1v) is 8.08. The number of aryl methyl sites for hydroxylation is 1. The average molecular weight is 325 g/mol. The zero-order chi connectivity index (χ0) is 16.9. The molecule has 0 bridgehead atoms. The van der Waals surface area contributed by atoms with Gasteiger partial charge in [0.05, 0.1) is 5.69 Å². The maximum absolute atomic E-state index is 12.0. The van der Waals surface area contributed by atoms with E-state index in [0.29, 0.717) is 32.6 Å². The molecule has 0 saturated carbocycles. The summed E-state index contributed by atoms with van der Waals surface area (Å²) in [6, 6.07) is 0.241. The molecular weight excluding hydrogens is 298 g/mol. The second-order valence-corrected chi connectivity index (χ2v) is 6.84. The first kappa shape index (κ1) is 17.7. The van der Waals surface area contributed by atoms with E-state index in [1.54, 1.807) is 9.58 Å². The molecule has 0 spiro atoms. The lowest BCUT2D eigenvalue weighted by Crippen LogP contribution is -2.38. The average Bonchev–Trinajstić information content (AvgIpc) is 3.10. The summed E-state index contributed by atoms with van der Waals surface area (Å²) in [5.74, 6) is 0. The number of hydrogen-bond acceptors (Lipinski definition) is 6. The highest BCUT2D eigenvalue weighted by Gasteiger charge is 2.29. The molecule has 2 N–H and O–H groups in total. The number of likely N-dealkylation sites (tertiary alicyclic amines) is 1. The molecule has 1 saturated heterocycles. The number of hydrogen-bond donors (Lipinski definition) is 2. The molecule has 0 aromatic carbocycles. The Hall–Kier alpha value is -1.67. The fourth-order valence-electron chi connectivity index (χ4n) is 2.43. The standard InChI is InChI=1S/C15H27N5O3/c1-15(2,3)23-14(22)19-7-5-12(10-19)16-9-13-11-20(18-17-13)6-4-8-21/h11-12,16,21H,4-10H2,1-3H3. The van der Waals surface area contributed by atoms with Crippen molar-refractivity contribution in [2.24, 2.45) is 0 Å². The smallest absolute Gasteiger partial charge is 0.410 e. The summed E-state index contributed by atoms with van der Waals surface area (Å²) in [6.07, 6.45) is 3.20. The zero-order valence-corrected chi connectivity index (χ0v) is 14.2. The van der Waals surface area contributed by atoms with Gasteiger partial charge in [0, 0.05) is 45.0 Å². The molecule has 2 heterocycles. The van der Waals surface area contributed by atoms with Crippen molar-refractivity contribution in [2.45, 2.75) is 58.3 Å². The molecule has 0 radical (unpaired) electrons. The molecule has 1 atom stereocenters. The molecule has 1 fully saturated rings. The zero-order valence-electron chi connectivity index (χ0n) is 14.2. The summed E-state index contributed by atoms with van der Waals surface area (Å²) in [5, 5.41) is 20.3. The molecule has 1 unspecified atom stereocenters. The quantitative estimate of drug-likeness (QED) is 0.802. The lowest BCUT2D eigenvalue weighted by Gasteiger charge is -2.24. The Labute approximate surface area is 136 Å². The number of aliphatic hydroxyl groups excluding tert-OH is 1. The van der Waals surface area contributed by atoms with Crippen molar-refractivity contribution in [2.75, 3.05) is 19.7 Å². The summed E-state index contributed by atoms with van der Waals surface area (Å²) in [5.41, 5.74) is 0.397. The van der Waals surface area contributed by atoms with Crippen LogP contribution in [0.25, 0.3) is 0 Å². The van der Waals surface area contributed by atoms with Gasteiger partial charge in [0.25, 0.3) is 0 Å². The molecule has 8 heteroatoms. The van der Waals surface area contributed by atoms with Gasteiger partial charge in [-0.2, -0.15) is 0 Å². The van der Waals surface area contributed by atoms with Gasteiger partial charge >= 0.3 is 6.09 Å². The Bertz CT molecular complexity index is 511. The van der Waals surface area contributed by atoms with Crippen molar-refractivity contribution in [3.05, 3.63) is 11.9 Å². The van der Waals surface area contributed by atoms with Crippen LogP contribution in [0.4, 0.5) is 4.79 Å². The Morgan fingerprint density at radius 1 is 1.52 bits per heavy atom. The number of carbonyl (C=O) groups excluding carboxylic acids is 1. The van der Waals surface area contributed by atoms with Crippen molar-refractivity contribution in [1.82, 2.24) is 25.2 Å². The number of aromatic nitrogens is 3. The fraction of sp³-hybridized carbons (Fsp3) is 0.800. The van der Waals surface area contributed by atoms with Crippen molar-refractivity contribution in [1.29, 1.82) is 0 Å². The molecule has 1 amide bonds. The number of rotatable bonds is 6. The third-order valence-corrected chi connectivity index (χ3v) is 3.54. The summed E-state index contributed by atoms with van der Waals surface area (Å²) >= 11 is 0. The van der Waals surface area contributed by atoms with Gasteiger partial charge in [-0.1, -0.05) is 5.21 Å². The molecule has 23 heavy (non-hydrogen) atoms. The third-order valence-electron chi connectivity index (χ3n) is 3.54. The van der Waals surface area contributed by atoms with Gasteiger partial charge in [-0.15, -0.1) is 5.10 Å². The Morgan fingerprint density at radius 2 is 2.30 bits per heavy atom. The van der Waals surface area contributed by atoms with E-state index in [2.05, 4.69) is 15.6 Å². The Balaban J connectivity index is 1.73. The topological polar surface area (TPSA) is 92.5 Å². The minimum Gasteiger partial charge on any atom is -0.444 e. The van der Waals surface area contributed by atoms with E-state index in [9.17, 15) is 4.79 Å². The van der Waals surface area contributed by atoms with Crippen LogP contribution in [0, 0.1) is 0 Å². The van der Waals surface area contributed by atoms with Crippen molar-refractivity contribution < 1.29 is 14.6 Å².